The summed E-state index contributed by atoms with van der Waals surface area (Å²) in [5.41, 5.74) is 3.12. The highest BCUT2D eigenvalue weighted by Crippen LogP contribution is 2.30. The molecule has 0 fully saturated rings. The molecule has 0 spiro atoms. The molecule has 3 aromatic carbocycles. The minimum Gasteiger partial charge on any atom is -0.497 e. The fraction of sp³-hybridized carbons (Fsp3) is 0.355. The number of rotatable bonds is 12. The topological polar surface area (TPSA) is 58.6 Å². The van der Waals surface area contributed by atoms with Gasteiger partial charge in [0, 0.05) is 24.9 Å². The number of benzene rings is 3. The van der Waals surface area contributed by atoms with Crippen LogP contribution in [0.3, 0.4) is 0 Å². The lowest BCUT2D eigenvalue weighted by atomic mass is 9.88. The number of nitrogens with one attached hydrogen (secondary N) is 1. The Morgan fingerprint density at radius 1 is 0.833 bits per heavy atom. The summed E-state index contributed by atoms with van der Waals surface area (Å²) in [6, 6.07) is 27.4. The van der Waals surface area contributed by atoms with Gasteiger partial charge in [0.15, 0.2) is 0 Å². The number of ether oxygens (including phenoxy) is 1. The van der Waals surface area contributed by atoms with E-state index in [2.05, 4.69) is 29.6 Å². The summed E-state index contributed by atoms with van der Waals surface area (Å²) < 4.78 is 5.29. The van der Waals surface area contributed by atoms with Crippen LogP contribution in [0, 0.1) is 0 Å². The highest BCUT2D eigenvalue weighted by atomic mass is 16.5. The molecule has 0 aliphatic rings. The molecule has 36 heavy (non-hydrogen) atoms. The molecule has 1 N–H and O–H groups in total. The van der Waals surface area contributed by atoms with E-state index in [0.29, 0.717) is 13.0 Å². The molecule has 0 aliphatic heterocycles. The van der Waals surface area contributed by atoms with Crippen LogP contribution in [0.1, 0.15) is 62.6 Å². The molecule has 0 aromatic heterocycles. The fourth-order valence-electron chi connectivity index (χ4n) is 4.38. The smallest absolute Gasteiger partial charge is 0.243 e. The second-order valence-corrected chi connectivity index (χ2v) is 9.19. The third kappa shape index (κ3) is 7.20. The number of methoxy groups -OCH3 is 1. The Bertz CT molecular complexity index is 1040. The molecular weight excluding hydrogens is 448 g/mol. The molecule has 0 radical (unpaired) electrons. The van der Waals surface area contributed by atoms with E-state index >= 15 is 0 Å². The molecule has 0 saturated carbocycles. The van der Waals surface area contributed by atoms with Gasteiger partial charge in [-0.25, -0.2) is 0 Å². The summed E-state index contributed by atoms with van der Waals surface area (Å²) in [4.78, 5) is 29.0. The van der Waals surface area contributed by atoms with Crippen molar-refractivity contribution in [3.63, 3.8) is 0 Å². The quantitative estimate of drug-likeness (QED) is 0.345. The van der Waals surface area contributed by atoms with Crippen LogP contribution in [0.2, 0.25) is 0 Å². The van der Waals surface area contributed by atoms with Crippen molar-refractivity contribution >= 4 is 11.8 Å². The number of hydrogen-bond donors (Lipinski definition) is 1. The fourth-order valence-corrected chi connectivity index (χ4v) is 4.38. The summed E-state index contributed by atoms with van der Waals surface area (Å²) in [6.45, 7) is 6.34. The lowest BCUT2D eigenvalue weighted by Crippen LogP contribution is -2.51. The van der Waals surface area contributed by atoms with Crippen LogP contribution in [0.25, 0.3) is 0 Å². The monoisotopic (exact) mass is 486 g/mol. The summed E-state index contributed by atoms with van der Waals surface area (Å²) in [5.74, 6) is 0.499. The Hall–Kier alpha value is -3.60. The third-order valence-electron chi connectivity index (χ3n) is 6.68. The van der Waals surface area contributed by atoms with Crippen molar-refractivity contribution in [3.05, 3.63) is 102 Å². The van der Waals surface area contributed by atoms with E-state index in [4.69, 9.17) is 4.74 Å². The number of amides is 2. The minimum absolute atomic E-state index is 0.0466. The largest absolute Gasteiger partial charge is 0.497 e. The summed E-state index contributed by atoms with van der Waals surface area (Å²) in [6.07, 6.45) is 1.64. The molecule has 2 amide bonds. The second-order valence-electron chi connectivity index (χ2n) is 9.19. The van der Waals surface area contributed by atoms with Gasteiger partial charge in [0.2, 0.25) is 11.8 Å². The number of nitrogens with zero attached hydrogens (tertiary/aromatic N) is 1. The van der Waals surface area contributed by atoms with Gasteiger partial charge in [-0.05, 0) is 48.6 Å². The van der Waals surface area contributed by atoms with Crippen LogP contribution in [0.15, 0.2) is 84.9 Å². The number of carbonyl (C=O) groups is 2. The van der Waals surface area contributed by atoms with Crippen LogP contribution in [-0.4, -0.2) is 35.9 Å². The van der Waals surface area contributed by atoms with E-state index < -0.39 is 6.04 Å². The van der Waals surface area contributed by atoms with Gasteiger partial charge in [0.25, 0.3) is 0 Å². The van der Waals surface area contributed by atoms with Crippen molar-refractivity contribution in [2.45, 2.75) is 64.6 Å². The number of carbonyl (C=O) groups excluding carboxylic acids is 2. The molecule has 0 aliphatic carbocycles. The van der Waals surface area contributed by atoms with Crippen molar-refractivity contribution in [1.82, 2.24) is 10.2 Å². The molecule has 0 unspecified atom stereocenters. The summed E-state index contributed by atoms with van der Waals surface area (Å²) >= 11 is 0. The molecule has 0 saturated heterocycles. The van der Waals surface area contributed by atoms with Crippen LogP contribution in [0.4, 0.5) is 0 Å². The standard InChI is InChI=1S/C31H38N2O3/c1-5-23(3)32-31(35)29(6-2)33(22-24-17-19-27(36-4)20-18-24)30(34)21-28(25-13-9-7-10-14-25)26-15-11-8-12-16-26/h7-20,23,28-29H,5-6,21-22H2,1-4H3,(H,32,35)/t23-,29+/m0/s1. The molecule has 190 valence electrons. The predicted octanol–water partition coefficient (Wildman–Crippen LogP) is 5.94. The average molecular weight is 487 g/mol. The summed E-state index contributed by atoms with van der Waals surface area (Å²) in [5, 5.41) is 3.08. The molecule has 0 heterocycles. The first-order valence-electron chi connectivity index (χ1n) is 12.8. The first kappa shape index (κ1) is 27.0. The SMILES string of the molecule is CC[C@H](C(=O)N[C@@H](C)CC)N(Cc1ccc(OC)cc1)C(=O)CC(c1ccccc1)c1ccccc1. The summed E-state index contributed by atoms with van der Waals surface area (Å²) in [7, 11) is 1.63. The molecular formula is C31H38N2O3. The van der Waals surface area contributed by atoms with Crippen LogP contribution in [-0.2, 0) is 16.1 Å². The number of hydrogen-bond acceptors (Lipinski definition) is 3. The molecule has 5 nitrogen and oxygen atoms in total. The highest BCUT2D eigenvalue weighted by Gasteiger charge is 2.31. The lowest BCUT2D eigenvalue weighted by molar-refractivity contribution is -0.141. The van der Waals surface area contributed by atoms with Crippen molar-refractivity contribution in [2.75, 3.05) is 7.11 Å². The van der Waals surface area contributed by atoms with Gasteiger partial charge in [-0.2, -0.15) is 0 Å². The Morgan fingerprint density at radius 2 is 1.39 bits per heavy atom. The van der Waals surface area contributed by atoms with Crippen LogP contribution in [0.5, 0.6) is 5.75 Å². The van der Waals surface area contributed by atoms with E-state index in [0.717, 1.165) is 28.9 Å². The molecule has 2 atom stereocenters. The van der Waals surface area contributed by atoms with Gasteiger partial charge >= 0.3 is 0 Å². The second kappa shape index (κ2) is 13.5. The third-order valence-corrected chi connectivity index (χ3v) is 6.68. The zero-order chi connectivity index (χ0) is 25.9. The van der Waals surface area contributed by atoms with E-state index in [1.165, 1.54) is 0 Å². The van der Waals surface area contributed by atoms with Crippen molar-refractivity contribution < 1.29 is 14.3 Å². The van der Waals surface area contributed by atoms with Gasteiger partial charge in [-0.3, -0.25) is 9.59 Å². The maximum Gasteiger partial charge on any atom is 0.243 e. The zero-order valence-corrected chi connectivity index (χ0v) is 21.8. The maximum absolute atomic E-state index is 14.0. The average Bonchev–Trinajstić information content (AvgIpc) is 2.92. The Balaban J connectivity index is 1.94. The lowest BCUT2D eigenvalue weighted by Gasteiger charge is -2.33. The Morgan fingerprint density at radius 3 is 1.86 bits per heavy atom. The Labute approximate surface area is 215 Å². The van der Waals surface area contributed by atoms with Crippen LogP contribution >= 0.6 is 0 Å². The van der Waals surface area contributed by atoms with Gasteiger partial charge in [-0.15, -0.1) is 0 Å². The zero-order valence-electron chi connectivity index (χ0n) is 21.8. The van der Waals surface area contributed by atoms with Gasteiger partial charge in [-0.1, -0.05) is 86.6 Å². The minimum atomic E-state index is -0.555. The molecule has 5 heteroatoms. The molecule has 3 rings (SSSR count). The first-order chi connectivity index (χ1) is 17.5. The van der Waals surface area contributed by atoms with E-state index in [-0.39, 0.29) is 30.2 Å². The molecule has 3 aromatic rings. The van der Waals surface area contributed by atoms with Gasteiger partial charge in [0.1, 0.15) is 11.8 Å². The Kier molecular flexibility index (Phi) is 10.1. The van der Waals surface area contributed by atoms with Gasteiger partial charge in [0.05, 0.1) is 7.11 Å². The van der Waals surface area contributed by atoms with E-state index in [1.807, 2.05) is 81.4 Å². The first-order valence-corrected chi connectivity index (χ1v) is 12.8. The van der Waals surface area contributed by atoms with Crippen molar-refractivity contribution in [3.8, 4) is 5.75 Å². The van der Waals surface area contributed by atoms with Crippen molar-refractivity contribution in [1.29, 1.82) is 0 Å². The van der Waals surface area contributed by atoms with E-state index in [1.54, 1.807) is 12.0 Å². The van der Waals surface area contributed by atoms with E-state index in [9.17, 15) is 9.59 Å². The highest BCUT2D eigenvalue weighted by molar-refractivity contribution is 5.88. The van der Waals surface area contributed by atoms with Gasteiger partial charge < -0.3 is 15.0 Å². The predicted molar refractivity (Wildman–Crippen MR) is 145 cm³/mol. The normalized spacial score (nSPS) is 12.6. The van der Waals surface area contributed by atoms with Crippen LogP contribution < -0.4 is 10.1 Å². The van der Waals surface area contributed by atoms with Crippen molar-refractivity contribution in [2.24, 2.45) is 0 Å². The molecule has 0 bridgehead atoms. The maximum atomic E-state index is 14.0.